The summed E-state index contributed by atoms with van der Waals surface area (Å²) < 4.78 is 23.3. The maximum Gasteiger partial charge on any atom is 0.268 e. The Hall–Kier alpha value is -1.02. The van der Waals surface area contributed by atoms with E-state index in [9.17, 15) is 19.4 Å². The Kier molecular flexibility index (Phi) is 45.4. The molecule has 1 amide bonds. The smallest absolute Gasteiger partial charge is 0.268 e. The second-order valence-corrected chi connectivity index (χ2v) is 21.3. The van der Waals surface area contributed by atoms with Crippen LogP contribution in [0.1, 0.15) is 264 Å². The number of phosphoric ester groups is 1. The maximum absolute atomic E-state index is 12.9. The van der Waals surface area contributed by atoms with Gasteiger partial charge in [0, 0.05) is 6.42 Å². The van der Waals surface area contributed by atoms with Crippen molar-refractivity contribution >= 4 is 13.7 Å². The molecule has 9 heteroatoms. The van der Waals surface area contributed by atoms with Gasteiger partial charge in [-0.1, -0.05) is 250 Å². The Morgan fingerprint density at radius 1 is 0.540 bits per heavy atom. The molecular weight excluding hydrogens is 804 g/mol. The third-order valence-electron chi connectivity index (χ3n) is 12.4. The molecule has 0 spiro atoms. The fraction of sp³-hybridized carbons (Fsp3) is 0.907. The first-order valence-corrected chi connectivity index (χ1v) is 28.7. The van der Waals surface area contributed by atoms with Gasteiger partial charge in [-0.05, 0) is 32.1 Å². The predicted molar refractivity (Wildman–Crippen MR) is 270 cm³/mol. The summed E-state index contributed by atoms with van der Waals surface area (Å²) in [5, 5.41) is 13.8. The van der Waals surface area contributed by atoms with E-state index in [1.807, 2.05) is 27.2 Å². The molecule has 0 aliphatic heterocycles. The SMILES string of the molecule is CCCCCCCCCCCCCCC/C=C/CC/C=C/C(O)C(COP(=O)([O-])OCC[N+](C)(C)C)NC(=O)CCCCCCCCCCCCCCCCCCCCCCCC. The van der Waals surface area contributed by atoms with Gasteiger partial charge in [0.1, 0.15) is 13.2 Å². The first-order chi connectivity index (χ1) is 30.5. The molecule has 63 heavy (non-hydrogen) atoms. The highest BCUT2D eigenvalue weighted by atomic mass is 31.2. The van der Waals surface area contributed by atoms with Crippen molar-refractivity contribution in [1.29, 1.82) is 0 Å². The predicted octanol–water partition coefficient (Wildman–Crippen LogP) is 15.4. The number of aliphatic hydroxyl groups is 1. The number of aliphatic hydroxyl groups excluding tert-OH is 1. The topological polar surface area (TPSA) is 108 Å². The van der Waals surface area contributed by atoms with Gasteiger partial charge >= 0.3 is 0 Å². The van der Waals surface area contributed by atoms with Gasteiger partial charge in [-0.15, -0.1) is 0 Å². The summed E-state index contributed by atoms with van der Waals surface area (Å²) in [4.78, 5) is 25.4. The van der Waals surface area contributed by atoms with Gasteiger partial charge in [0.15, 0.2) is 0 Å². The number of likely N-dealkylation sites (N-methyl/N-ethyl adjacent to an activating group) is 1. The first kappa shape index (κ1) is 62.0. The lowest BCUT2D eigenvalue weighted by Gasteiger charge is -2.29. The number of unbranched alkanes of at least 4 members (excludes halogenated alkanes) is 35. The number of rotatable bonds is 50. The molecule has 0 rings (SSSR count). The van der Waals surface area contributed by atoms with Crippen molar-refractivity contribution in [2.75, 3.05) is 40.9 Å². The van der Waals surface area contributed by atoms with Crippen molar-refractivity contribution < 1.29 is 32.9 Å². The van der Waals surface area contributed by atoms with Gasteiger partial charge in [0.2, 0.25) is 5.91 Å². The molecule has 0 aliphatic rings. The van der Waals surface area contributed by atoms with E-state index in [1.165, 1.54) is 205 Å². The van der Waals surface area contributed by atoms with Gasteiger partial charge < -0.3 is 28.8 Å². The number of carbonyl (C=O) groups is 1. The number of hydrogen-bond acceptors (Lipinski definition) is 6. The van der Waals surface area contributed by atoms with E-state index in [0.717, 1.165) is 38.5 Å². The molecule has 0 aliphatic carbocycles. The van der Waals surface area contributed by atoms with Gasteiger partial charge in [-0.25, -0.2) is 0 Å². The van der Waals surface area contributed by atoms with E-state index in [-0.39, 0.29) is 19.1 Å². The lowest BCUT2D eigenvalue weighted by atomic mass is 10.0. The minimum atomic E-state index is -4.60. The number of nitrogens with zero attached hydrogens (tertiary/aromatic N) is 1. The molecule has 0 aromatic heterocycles. The summed E-state index contributed by atoms with van der Waals surface area (Å²) in [5.74, 6) is -0.202. The maximum atomic E-state index is 12.9. The monoisotopic (exact) mass is 911 g/mol. The highest BCUT2D eigenvalue weighted by Gasteiger charge is 2.23. The number of amides is 1. The third kappa shape index (κ3) is 48.7. The Morgan fingerprint density at radius 2 is 0.889 bits per heavy atom. The lowest BCUT2D eigenvalue weighted by molar-refractivity contribution is -0.870. The van der Waals surface area contributed by atoms with Crippen LogP contribution in [0.25, 0.3) is 0 Å². The summed E-state index contributed by atoms with van der Waals surface area (Å²) in [7, 11) is 1.26. The van der Waals surface area contributed by atoms with Crippen molar-refractivity contribution in [1.82, 2.24) is 5.32 Å². The lowest BCUT2D eigenvalue weighted by Crippen LogP contribution is -2.45. The largest absolute Gasteiger partial charge is 0.756 e. The molecule has 0 saturated carbocycles. The van der Waals surface area contributed by atoms with Crippen molar-refractivity contribution in [3.05, 3.63) is 24.3 Å². The zero-order valence-corrected chi connectivity index (χ0v) is 43.4. The van der Waals surface area contributed by atoms with Crippen LogP contribution in [-0.4, -0.2) is 68.5 Å². The van der Waals surface area contributed by atoms with Crippen LogP contribution in [0, 0.1) is 0 Å². The highest BCUT2D eigenvalue weighted by molar-refractivity contribution is 7.45. The summed E-state index contributed by atoms with van der Waals surface area (Å²) in [5.41, 5.74) is 0. The zero-order chi connectivity index (χ0) is 46.4. The molecule has 0 radical (unpaired) electrons. The second-order valence-electron chi connectivity index (χ2n) is 19.9. The van der Waals surface area contributed by atoms with Gasteiger partial charge in [-0.3, -0.25) is 9.36 Å². The molecular formula is C54H107N2O6P. The third-order valence-corrected chi connectivity index (χ3v) is 13.4. The van der Waals surface area contributed by atoms with Gasteiger partial charge in [-0.2, -0.15) is 0 Å². The van der Waals surface area contributed by atoms with E-state index in [0.29, 0.717) is 17.4 Å². The van der Waals surface area contributed by atoms with E-state index >= 15 is 0 Å². The number of carbonyl (C=O) groups excluding carboxylic acids is 1. The van der Waals surface area contributed by atoms with E-state index < -0.39 is 20.0 Å². The standard InChI is InChI=1S/C54H107N2O6P/c1-6-8-10-12-14-16-18-20-22-24-26-27-28-30-32-34-36-38-40-42-44-46-48-54(58)55-52(51-62-63(59,60)61-50-49-56(3,4)5)53(57)47-45-43-41-39-37-35-33-31-29-25-23-21-19-17-15-13-11-9-7-2/h37,39,45,47,52-53,57H,6-36,38,40-44,46,48-51H2,1-5H3,(H-,55,58,59,60)/b39-37+,47-45+. The van der Waals surface area contributed by atoms with Crippen LogP contribution >= 0.6 is 7.82 Å². The molecule has 0 heterocycles. The Balaban J connectivity index is 4.27. The van der Waals surface area contributed by atoms with Crippen molar-refractivity contribution in [3.63, 3.8) is 0 Å². The number of hydrogen-bond donors (Lipinski definition) is 2. The summed E-state index contributed by atoms with van der Waals surface area (Å²) >= 11 is 0. The normalized spacial score (nSPS) is 14.2. The van der Waals surface area contributed by atoms with Crippen molar-refractivity contribution in [2.24, 2.45) is 0 Å². The van der Waals surface area contributed by atoms with Crippen molar-refractivity contribution in [3.8, 4) is 0 Å². The molecule has 3 atom stereocenters. The quantitative estimate of drug-likeness (QED) is 0.0272. The second kappa shape index (κ2) is 46.1. The van der Waals surface area contributed by atoms with E-state index in [2.05, 4.69) is 31.3 Å². The number of phosphoric acid groups is 1. The molecule has 8 nitrogen and oxygen atoms in total. The van der Waals surface area contributed by atoms with Crippen LogP contribution in [0.3, 0.4) is 0 Å². The van der Waals surface area contributed by atoms with Gasteiger partial charge in [0.05, 0.1) is 39.9 Å². The molecule has 374 valence electrons. The molecule has 0 aromatic rings. The minimum Gasteiger partial charge on any atom is -0.756 e. The molecule has 0 fully saturated rings. The molecule has 2 N–H and O–H groups in total. The molecule has 0 saturated heterocycles. The highest BCUT2D eigenvalue weighted by Crippen LogP contribution is 2.38. The number of nitrogens with one attached hydrogen (secondary N) is 1. The summed E-state index contributed by atoms with van der Waals surface area (Å²) in [6.07, 6.45) is 56.7. The van der Waals surface area contributed by atoms with Crippen LogP contribution in [0.15, 0.2) is 24.3 Å². The zero-order valence-electron chi connectivity index (χ0n) is 42.5. The number of quaternary nitrogens is 1. The first-order valence-electron chi connectivity index (χ1n) is 27.2. The molecule has 3 unspecified atom stereocenters. The fourth-order valence-corrected chi connectivity index (χ4v) is 8.84. The van der Waals surface area contributed by atoms with Crippen LogP contribution in [-0.2, 0) is 18.4 Å². The summed E-state index contributed by atoms with van der Waals surface area (Å²) in [6.45, 7) is 4.66. The molecule has 0 bridgehead atoms. The van der Waals surface area contributed by atoms with Crippen LogP contribution in [0.4, 0.5) is 0 Å². The minimum absolute atomic E-state index is 0.00383. The van der Waals surface area contributed by atoms with Crippen LogP contribution < -0.4 is 10.2 Å². The van der Waals surface area contributed by atoms with Crippen LogP contribution in [0.2, 0.25) is 0 Å². The summed E-state index contributed by atoms with van der Waals surface area (Å²) in [6, 6.07) is -0.899. The van der Waals surface area contributed by atoms with Gasteiger partial charge in [0.25, 0.3) is 7.82 Å². The van der Waals surface area contributed by atoms with Crippen LogP contribution in [0.5, 0.6) is 0 Å². The van der Waals surface area contributed by atoms with E-state index in [4.69, 9.17) is 9.05 Å². The van der Waals surface area contributed by atoms with Crippen molar-refractivity contribution in [2.45, 2.75) is 276 Å². The Morgan fingerprint density at radius 3 is 1.29 bits per heavy atom. The Labute approximate surface area is 392 Å². The Bertz CT molecular complexity index is 1080. The average molecular weight is 911 g/mol. The average Bonchev–Trinajstić information content (AvgIpc) is 3.24. The molecule has 0 aromatic carbocycles. The van der Waals surface area contributed by atoms with E-state index in [1.54, 1.807) is 6.08 Å². The number of allylic oxidation sites excluding steroid dienone is 3. The fourth-order valence-electron chi connectivity index (χ4n) is 8.11.